The van der Waals surface area contributed by atoms with Crippen LogP contribution in [0.25, 0.3) is 10.2 Å². The summed E-state index contributed by atoms with van der Waals surface area (Å²) in [7, 11) is 0. The van der Waals surface area contributed by atoms with Crippen LogP contribution in [-0.2, 0) is 0 Å². The Hall–Kier alpha value is -0.620. The van der Waals surface area contributed by atoms with Crippen LogP contribution in [0.15, 0.2) is 28.6 Å². The lowest BCUT2D eigenvalue weighted by molar-refractivity contribution is 0.158. The van der Waals surface area contributed by atoms with Gasteiger partial charge in [-0.2, -0.15) is 0 Å². The van der Waals surface area contributed by atoms with Crippen LogP contribution < -0.4 is 10.0 Å². The number of hydrogen-bond donors (Lipinski definition) is 2. The number of thiazole rings is 1. The van der Waals surface area contributed by atoms with E-state index in [-0.39, 0.29) is 11.1 Å². The molecule has 2 heterocycles. The maximum atomic E-state index is 4.67. The van der Waals surface area contributed by atoms with Gasteiger partial charge in [0.05, 0.1) is 10.2 Å². The van der Waals surface area contributed by atoms with Gasteiger partial charge in [-0.3, -0.25) is 4.72 Å². The second-order valence-electron chi connectivity index (χ2n) is 7.17. The van der Waals surface area contributed by atoms with E-state index in [1.54, 1.807) is 23.3 Å². The molecule has 3 rings (SSSR count). The molecule has 0 bridgehead atoms. The van der Waals surface area contributed by atoms with Gasteiger partial charge < -0.3 is 5.32 Å². The molecule has 3 nitrogen and oxygen atoms in total. The monoisotopic (exact) mass is 321 g/mol. The summed E-state index contributed by atoms with van der Waals surface area (Å²) in [6, 6.07) is 8.83. The van der Waals surface area contributed by atoms with Crippen LogP contribution in [0.3, 0.4) is 0 Å². The van der Waals surface area contributed by atoms with Crippen molar-refractivity contribution in [2.24, 2.45) is 0 Å². The molecule has 0 unspecified atom stereocenters. The van der Waals surface area contributed by atoms with Gasteiger partial charge >= 0.3 is 0 Å². The maximum absolute atomic E-state index is 4.67. The van der Waals surface area contributed by atoms with E-state index in [0.717, 1.165) is 22.7 Å². The van der Waals surface area contributed by atoms with Gasteiger partial charge in [-0.25, -0.2) is 4.98 Å². The quantitative estimate of drug-likeness (QED) is 0.831. The predicted molar refractivity (Wildman–Crippen MR) is 92.9 cm³/mol. The van der Waals surface area contributed by atoms with Crippen LogP contribution in [0.5, 0.6) is 0 Å². The highest BCUT2D eigenvalue weighted by Crippen LogP contribution is 2.32. The third kappa shape index (κ3) is 3.77. The number of aromatic nitrogens is 1. The fourth-order valence-corrected chi connectivity index (χ4v) is 5.29. The normalized spacial score (nSPS) is 21.7. The van der Waals surface area contributed by atoms with Crippen molar-refractivity contribution in [1.82, 2.24) is 15.0 Å². The lowest BCUT2D eigenvalue weighted by atomic mass is 9.80. The standard InChI is InChI=1S/C16H23N3S2/c1-15(2)9-11(10-16(3,4)19-15)18-21-14-17-12-7-5-6-8-13(12)20-14/h5-8,11,18-19H,9-10H2,1-4H3. The topological polar surface area (TPSA) is 37.0 Å². The molecule has 1 aliphatic heterocycles. The molecule has 21 heavy (non-hydrogen) atoms. The highest BCUT2D eigenvalue weighted by molar-refractivity contribution is 7.99. The van der Waals surface area contributed by atoms with Crippen molar-refractivity contribution >= 4 is 33.5 Å². The summed E-state index contributed by atoms with van der Waals surface area (Å²) >= 11 is 3.44. The third-order valence-electron chi connectivity index (χ3n) is 3.78. The van der Waals surface area contributed by atoms with Crippen molar-refractivity contribution < 1.29 is 0 Å². The Morgan fingerprint density at radius 1 is 1.19 bits per heavy atom. The van der Waals surface area contributed by atoms with E-state index in [1.165, 1.54) is 4.70 Å². The Morgan fingerprint density at radius 3 is 2.52 bits per heavy atom. The van der Waals surface area contributed by atoms with Crippen LogP contribution in [0, 0.1) is 0 Å². The number of nitrogens with zero attached hydrogens (tertiary/aromatic N) is 1. The van der Waals surface area contributed by atoms with Gasteiger partial charge in [0.25, 0.3) is 0 Å². The number of benzene rings is 1. The second-order valence-corrected chi connectivity index (χ2v) is 9.28. The van der Waals surface area contributed by atoms with Crippen molar-refractivity contribution in [1.29, 1.82) is 0 Å². The van der Waals surface area contributed by atoms with Crippen molar-refractivity contribution in [2.45, 2.75) is 62.0 Å². The molecule has 1 fully saturated rings. The lowest BCUT2D eigenvalue weighted by Crippen LogP contribution is -2.61. The van der Waals surface area contributed by atoms with E-state index in [1.807, 2.05) is 6.07 Å². The number of rotatable bonds is 3. The Balaban J connectivity index is 1.66. The van der Waals surface area contributed by atoms with Crippen molar-refractivity contribution in [3.63, 3.8) is 0 Å². The first-order valence-electron chi connectivity index (χ1n) is 7.40. The van der Waals surface area contributed by atoms with Gasteiger partial charge in [-0.1, -0.05) is 12.1 Å². The summed E-state index contributed by atoms with van der Waals surface area (Å²) in [5.74, 6) is 0. The summed E-state index contributed by atoms with van der Waals surface area (Å²) in [4.78, 5) is 4.67. The second kappa shape index (κ2) is 5.54. The first-order chi connectivity index (χ1) is 9.83. The maximum Gasteiger partial charge on any atom is 0.166 e. The third-order valence-corrected chi connectivity index (χ3v) is 5.83. The Kier molecular flexibility index (Phi) is 4.03. The van der Waals surface area contributed by atoms with E-state index in [2.05, 4.69) is 60.9 Å². The fourth-order valence-electron chi connectivity index (χ4n) is 3.43. The molecule has 0 atom stereocenters. The van der Waals surface area contributed by atoms with Gasteiger partial charge in [0.2, 0.25) is 0 Å². The predicted octanol–water partition coefficient (Wildman–Crippen LogP) is 4.20. The van der Waals surface area contributed by atoms with Crippen molar-refractivity contribution in [2.75, 3.05) is 0 Å². The molecular weight excluding hydrogens is 298 g/mol. The van der Waals surface area contributed by atoms with Crippen LogP contribution in [0.2, 0.25) is 0 Å². The average Bonchev–Trinajstić information content (AvgIpc) is 2.75. The molecule has 0 aliphatic carbocycles. The smallest absolute Gasteiger partial charge is 0.166 e. The van der Waals surface area contributed by atoms with Crippen LogP contribution in [-0.4, -0.2) is 22.1 Å². The van der Waals surface area contributed by atoms with Crippen molar-refractivity contribution in [3.05, 3.63) is 24.3 Å². The summed E-state index contributed by atoms with van der Waals surface area (Å²) < 4.78 is 5.99. The zero-order valence-corrected chi connectivity index (χ0v) is 14.7. The molecule has 1 saturated heterocycles. The number of piperidine rings is 1. The Labute approximate surface area is 135 Å². The van der Waals surface area contributed by atoms with Crippen LogP contribution >= 0.6 is 23.3 Å². The first kappa shape index (κ1) is 15.3. The van der Waals surface area contributed by atoms with E-state index in [0.29, 0.717) is 6.04 Å². The van der Waals surface area contributed by atoms with E-state index in [9.17, 15) is 0 Å². The average molecular weight is 322 g/mol. The van der Waals surface area contributed by atoms with Crippen molar-refractivity contribution in [3.8, 4) is 0 Å². The molecule has 1 aliphatic rings. The number of hydrogen-bond acceptors (Lipinski definition) is 5. The summed E-state index contributed by atoms with van der Waals surface area (Å²) in [6.07, 6.45) is 2.27. The van der Waals surface area contributed by atoms with Gasteiger partial charge in [-0.15, -0.1) is 11.3 Å². The molecule has 114 valence electrons. The molecule has 0 amide bonds. The van der Waals surface area contributed by atoms with E-state index in [4.69, 9.17) is 0 Å². The molecule has 0 spiro atoms. The molecule has 2 aromatic rings. The minimum atomic E-state index is 0.174. The number of fused-ring (bicyclic) bond motifs is 1. The van der Waals surface area contributed by atoms with Gasteiger partial charge in [0.1, 0.15) is 0 Å². The largest absolute Gasteiger partial charge is 0.307 e. The summed E-state index contributed by atoms with van der Waals surface area (Å²) in [6.45, 7) is 9.13. The number of nitrogens with one attached hydrogen (secondary N) is 2. The molecule has 0 radical (unpaired) electrons. The molecule has 2 N–H and O–H groups in total. The van der Waals surface area contributed by atoms with E-state index >= 15 is 0 Å². The first-order valence-corrected chi connectivity index (χ1v) is 9.04. The van der Waals surface area contributed by atoms with Gasteiger partial charge in [-0.05, 0) is 64.6 Å². The zero-order valence-electron chi connectivity index (χ0n) is 13.1. The molecular formula is C16H23N3S2. The number of para-hydroxylation sites is 1. The van der Waals surface area contributed by atoms with Gasteiger partial charge in [0, 0.05) is 17.1 Å². The lowest BCUT2D eigenvalue weighted by Gasteiger charge is -2.46. The molecule has 1 aromatic heterocycles. The highest BCUT2D eigenvalue weighted by atomic mass is 32.2. The van der Waals surface area contributed by atoms with Gasteiger partial charge in [0.15, 0.2) is 4.34 Å². The Bertz CT molecular complexity index is 584. The summed E-state index contributed by atoms with van der Waals surface area (Å²) in [5, 5.41) is 3.72. The Morgan fingerprint density at radius 2 is 1.86 bits per heavy atom. The minimum absolute atomic E-state index is 0.174. The summed E-state index contributed by atoms with van der Waals surface area (Å²) in [5.41, 5.74) is 1.44. The van der Waals surface area contributed by atoms with E-state index < -0.39 is 0 Å². The fraction of sp³-hybridized carbons (Fsp3) is 0.562. The molecule has 1 aromatic carbocycles. The molecule has 5 heteroatoms. The SMILES string of the molecule is CC1(C)CC(NSc2nc3ccccc3s2)CC(C)(C)N1. The van der Waals surface area contributed by atoms with Crippen LogP contribution in [0.1, 0.15) is 40.5 Å². The highest BCUT2D eigenvalue weighted by Gasteiger charge is 2.37. The van der Waals surface area contributed by atoms with Crippen LogP contribution in [0.4, 0.5) is 0 Å². The zero-order chi connectivity index (χ0) is 15.1. The molecule has 0 saturated carbocycles. The minimum Gasteiger partial charge on any atom is -0.307 e.